The molecule has 0 heterocycles. The van der Waals surface area contributed by atoms with Crippen molar-refractivity contribution in [3.8, 4) is 5.75 Å². The molecule has 0 aliphatic heterocycles. The summed E-state index contributed by atoms with van der Waals surface area (Å²) in [5.41, 5.74) is 7.10. The molecule has 18 heavy (non-hydrogen) atoms. The van der Waals surface area contributed by atoms with Gasteiger partial charge in [0.25, 0.3) is 0 Å². The summed E-state index contributed by atoms with van der Waals surface area (Å²) < 4.78 is 10.2. The highest BCUT2D eigenvalue weighted by Gasteiger charge is 2.14. The highest BCUT2D eigenvalue weighted by atomic mass is 16.5. The van der Waals surface area contributed by atoms with E-state index in [4.69, 9.17) is 15.2 Å². The van der Waals surface area contributed by atoms with Crippen LogP contribution in [0.3, 0.4) is 0 Å². The maximum absolute atomic E-state index is 5.88. The fourth-order valence-electron chi connectivity index (χ4n) is 2.01. The summed E-state index contributed by atoms with van der Waals surface area (Å²) in [6.07, 6.45) is 1.01. The average molecular weight is 252 g/mol. The fourth-order valence-corrected chi connectivity index (χ4v) is 2.01. The first-order chi connectivity index (χ1) is 8.72. The van der Waals surface area contributed by atoms with Crippen LogP contribution in [0.2, 0.25) is 0 Å². The molecule has 1 rings (SSSR count). The Morgan fingerprint density at radius 2 is 1.89 bits per heavy atom. The van der Waals surface area contributed by atoms with E-state index in [2.05, 4.69) is 24.1 Å². The van der Waals surface area contributed by atoms with E-state index >= 15 is 0 Å². The third-order valence-electron chi connectivity index (χ3n) is 3.12. The summed E-state index contributed by atoms with van der Waals surface area (Å²) in [6, 6.07) is 8.33. The predicted octanol–water partition coefficient (Wildman–Crippen LogP) is 1.66. The average Bonchev–Trinajstić information content (AvgIpc) is 2.41. The van der Waals surface area contributed by atoms with Crippen LogP contribution in [-0.2, 0) is 4.74 Å². The largest absolute Gasteiger partial charge is 0.497 e. The van der Waals surface area contributed by atoms with Gasteiger partial charge in [-0.25, -0.2) is 0 Å². The summed E-state index contributed by atoms with van der Waals surface area (Å²) in [6.45, 7) is 2.36. The molecule has 0 amide bonds. The van der Waals surface area contributed by atoms with Crippen LogP contribution in [0.15, 0.2) is 24.3 Å². The normalized spacial score (nSPS) is 12.7. The Kier molecular flexibility index (Phi) is 6.72. The first kappa shape index (κ1) is 15.0. The molecule has 0 fully saturated rings. The van der Waals surface area contributed by atoms with Gasteiger partial charge in [-0.2, -0.15) is 0 Å². The Morgan fingerprint density at radius 1 is 1.22 bits per heavy atom. The molecular formula is C14H24N2O2. The maximum atomic E-state index is 5.88. The molecule has 0 saturated heterocycles. The minimum atomic E-state index is 0.243. The molecule has 0 aliphatic carbocycles. The van der Waals surface area contributed by atoms with Gasteiger partial charge in [-0.1, -0.05) is 12.1 Å². The lowest BCUT2D eigenvalue weighted by molar-refractivity contribution is 0.166. The zero-order chi connectivity index (χ0) is 13.4. The number of ether oxygens (including phenoxy) is 2. The summed E-state index contributed by atoms with van der Waals surface area (Å²) in [4.78, 5) is 2.26. The van der Waals surface area contributed by atoms with Crippen LogP contribution >= 0.6 is 0 Å². The van der Waals surface area contributed by atoms with Gasteiger partial charge in [0.2, 0.25) is 0 Å². The topological polar surface area (TPSA) is 47.7 Å². The third-order valence-corrected chi connectivity index (χ3v) is 3.12. The number of nitrogens with two attached hydrogens (primary N) is 1. The zero-order valence-electron chi connectivity index (χ0n) is 11.6. The summed E-state index contributed by atoms with van der Waals surface area (Å²) in [5, 5.41) is 0. The Balaban J connectivity index is 2.62. The first-order valence-corrected chi connectivity index (χ1v) is 6.26. The van der Waals surface area contributed by atoms with Crippen molar-refractivity contribution >= 4 is 0 Å². The van der Waals surface area contributed by atoms with Crippen LogP contribution in [-0.4, -0.2) is 45.9 Å². The Labute approximate surface area is 110 Å². The highest BCUT2D eigenvalue weighted by molar-refractivity contribution is 5.29. The molecule has 1 atom stereocenters. The first-order valence-electron chi connectivity index (χ1n) is 6.26. The van der Waals surface area contributed by atoms with Crippen molar-refractivity contribution in [2.75, 3.05) is 41.0 Å². The van der Waals surface area contributed by atoms with Crippen molar-refractivity contribution in [2.45, 2.75) is 12.5 Å². The summed E-state index contributed by atoms with van der Waals surface area (Å²) in [5.74, 6) is 0.872. The van der Waals surface area contributed by atoms with Crippen LogP contribution in [0, 0.1) is 0 Å². The summed E-state index contributed by atoms with van der Waals surface area (Å²) >= 11 is 0. The number of hydrogen-bond acceptors (Lipinski definition) is 4. The van der Waals surface area contributed by atoms with E-state index in [1.54, 1.807) is 14.2 Å². The summed E-state index contributed by atoms with van der Waals surface area (Å²) in [7, 11) is 5.49. The van der Waals surface area contributed by atoms with Gasteiger partial charge in [0.05, 0.1) is 7.11 Å². The second kappa shape index (κ2) is 8.08. The number of hydrogen-bond donors (Lipinski definition) is 1. The minimum absolute atomic E-state index is 0.243. The lowest BCUT2D eigenvalue weighted by Gasteiger charge is -2.27. The molecule has 0 aliphatic rings. The standard InChI is InChI=1S/C14H24N2O2/c1-16(9-4-10-17-2)14(11-15)12-5-7-13(18-3)8-6-12/h5-8,14H,4,9-11,15H2,1-3H3. The quantitative estimate of drug-likeness (QED) is 0.715. The lowest BCUT2D eigenvalue weighted by atomic mass is 10.1. The van der Waals surface area contributed by atoms with E-state index in [1.807, 2.05) is 12.1 Å². The number of methoxy groups -OCH3 is 2. The van der Waals surface area contributed by atoms with Gasteiger partial charge < -0.3 is 15.2 Å². The molecule has 0 aromatic heterocycles. The smallest absolute Gasteiger partial charge is 0.118 e. The molecule has 4 heteroatoms. The predicted molar refractivity (Wildman–Crippen MR) is 73.9 cm³/mol. The van der Waals surface area contributed by atoms with Crippen LogP contribution in [0.5, 0.6) is 5.75 Å². The van der Waals surface area contributed by atoms with E-state index in [0.29, 0.717) is 6.54 Å². The number of rotatable bonds is 8. The van der Waals surface area contributed by atoms with Crippen molar-refractivity contribution in [3.05, 3.63) is 29.8 Å². The monoisotopic (exact) mass is 252 g/mol. The van der Waals surface area contributed by atoms with E-state index in [0.717, 1.165) is 25.3 Å². The molecule has 1 aromatic rings. The maximum Gasteiger partial charge on any atom is 0.118 e. The van der Waals surface area contributed by atoms with Gasteiger partial charge in [0.1, 0.15) is 5.75 Å². The van der Waals surface area contributed by atoms with E-state index < -0.39 is 0 Å². The van der Waals surface area contributed by atoms with Crippen LogP contribution in [0.1, 0.15) is 18.0 Å². The van der Waals surface area contributed by atoms with Crippen molar-refractivity contribution in [3.63, 3.8) is 0 Å². The number of likely N-dealkylation sites (N-methyl/N-ethyl adjacent to an activating group) is 1. The van der Waals surface area contributed by atoms with Crippen LogP contribution in [0.4, 0.5) is 0 Å². The molecule has 0 bridgehead atoms. The van der Waals surface area contributed by atoms with E-state index in [1.165, 1.54) is 5.56 Å². The Bertz CT molecular complexity index is 327. The molecule has 2 N–H and O–H groups in total. The van der Waals surface area contributed by atoms with Crippen molar-refractivity contribution in [2.24, 2.45) is 5.73 Å². The van der Waals surface area contributed by atoms with Gasteiger partial charge in [0.15, 0.2) is 0 Å². The molecular weight excluding hydrogens is 228 g/mol. The van der Waals surface area contributed by atoms with Crippen molar-refractivity contribution in [1.82, 2.24) is 4.90 Å². The van der Waals surface area contributed by atoms with Gasteiger partial charge >= 0.3 is 0 Å². The van der Waals surface area contributed by atoms with Gasteiger partial charge in [-0.15, -0.1) is 0 Å². The van der Waals surface area contributed by atoms with Gasteiger partial charge in [0, 0.05) is 32.8 Å². The third kappa shape index (κ3) is 4.29. The van der Waals surface area contributed by atoms with E-state index in [-0.39, 0.29) is 6.04 Å². The highest BCUT2D eigenvalue weighted by Crippen LogP contribution is 2.21. The Hall–Kier alpha value is -1.10. The minimum Gasteiger partial charge on any atom is -0.497 e. The molecule has 102 valence electrons. The van der Waals surface area contributed by atoms with Crippen LogP contribution in [0.25, 0.3) is 0 Å². The number of benzene rings is 1. The fraction of sp³-hybridized carbons (Fsp3) is 0.571. The molecule has 1 aromatic carbocycles. The lowest BCUT2D eigenvalue weighted by Crippen LogP contribution is -2.31. The van der Waals surface area contributed by atoms with Gasteiger partial charge in [-0.3, -0.25) is 4.90 Å². The molecule has 4 nitrogen and oxygen atoms in total. The Morgan fingerprint density at radius 3 is 2.39 bits per heavy atom. The molecule has 1 unspecified atom stereocenters. The molecule has 0 radical (unpaired) electrons. The van der Waals surface area contributed by atoms with Crippen LogP contribution < -0.4 is 10.5 Å². The van der Waals surface area contributed by atoms with E-state index in [9.17, 15) is 0 Å². The second-order valence-electron chi connectivity index (χ2n) is 4.35. The molecule has 0 saturated carbocycles. The number of nitrogens with zero attached hydrogens (tertiary/aromatic N) is 1. The second-order valence-corrected chi connectivity index (χ2v) is 4.35. The zero-order valence-corrected chi connectivity index (χ0v) is 11.6. The van der Waals surface area contributed by atoms with Gasteiger partial charge in [-0.05, 0) is 31.2 Å². The molecule has 0 spiro atoms. The van der Waals surface area contributed by atoms with Crippen molar-refractivity contribution < 1.29 is 9.47 Å². The SMILES string of the molecule is COCCCN(C)C(CN)c1ccc(OC)cc1. The van der Waals surface area contributed by atoms with Crippen molar-refractivity contribution in [1.29, 1.82) is 0 Å².